The Morgan fingerprint density at radius 1 is 1.41 bits per heavy atom. The summed E-state index contributed by atoms with van der Waals surface area (Å²) in [7, 11) is 0. The molecule has 1 atom stereocenters. The summed E-state index contributed by atoms with van der Waals surface area (Å²) in [6.45, 7) is 5.70. The highest BCUT2D eigenvalue weighted by Gasteiger charge is 2.09. The minimum Gasteiger partial charge on any atom is -0.339 e. The van der Waals surface area contributed by atoms with Gasteiger partial charge in [-0.15, -0.1) is 0 Å². The maximum atomic E-state index is 11.7. The first-order chi connectivity index (χ1) is 8.27. The van der Waals surface area contributed by atoms with Crippen LogP contribution in [0.2, 0.25) is 0 Å². The number of nitrogens with zero attached hydrogens (tertiary/aromatic N) is 1. The van der Waals surface area contributed by atoms with Crippen LogP contribution in [0, 0.1) is 5.92 Å². The van der Waals surface area contributed by atoms with Gasteiger partial charge in [0.2, 0.25) is 5.91 Å². The van der Waals surface area contributed by atoms with Gasteiger partial charge in [-0.1, -0.05) is 38.2 Å². The van der Waals surface area contributed by atoms with Gasteiger partial charge >= 0.3 is 0 Å². The molecule has 0 aromatic rings. The summed E-state index contributed by atoms with van der Waals surface area (Å²) < 4.78 is 0. The maximum absolute atomic E-state index is 11.7. The van der Waals surface area contributed by atoms with Crippen LogP contribution in [0.15, 0.2) is 24.3 Å². The normalized spacial score (nSPS) is 19.8. The van der Waals surface area contributed by atoms with Crippen molar-refractivity contribution in [2.75, 3.05) is 13.1 Å². The van der Waals surface area contributed by atoms with E-state index in [1.54, 1.807) is 0 Å². The van der Waals surface area contributed by atoms with Crippen LogP contribution in [0.25, 0.3) is 0 Å². The van der Waals surface area contributed by atoms with Crippen LogP contribution in [0.1, 0.15) is 46.0 Å². The molecule has 2 heteroatoms. The largest absolute Gasteiger partial charge is 0.339 e. The third-order valence-corrected chi connectivity index (χ3v) is 3.19. The molecular weight excluding hydrogens is 210 g/mol. The summed E-state index contributed by atoms with van der Waals surface area (Å²) >= 11 is 0. The van der Waals surface area contributed by atoms with Crippen molar-refractivity contribution in [3.05, 3.63) is 24.3 Å². The molecule has 1 unspecified atom stereocenters. The number of amides is 1. The molecule has 2 nitrogen and oxygen atoms in total. The standard InChI is InChI=1S/C15H25NO/c1-3-12-16(15(17)4-2)13-8-11-14-9-6-5-7-10-14/h5-6,8,11,14H,3-4,7,9-10,12-13H2,1-2H3/b11-8-. The van der Waals surface area contributed by atoms with Crippen molar-refractivity contribution in [3.8, 4) is 0 Å². The van der Waals surface area contributed by atoms with Gasteiger partial charge < -0.3 is 4.90 Å². The molecule has 1 aliphatic rings. The van der Waals surface area contributed by atoms with Gasteiger partial charge in [0.15, 0.2) is 0 Å². The van der Waals surface area contributed by atoms with Crippen LogP contribution in [-0.4, -0.2) is 23.9 Å². The fraction of sp³-hybridized carbons (Fsp3) is 0.667. The predicted octanol–water partition coefficient (Wildman–Crippen LogP) is 3.55. The van der Waals surface area contributed by atoms with E-state index in [9.17, 15) is 4.79 Å². The first-order valence-corrected chi connectivity index (χ1v) is 6.87. The number of hydrogen-bond acceptors (Lipinski definition) is 1. The molecule has 0 N–H and O–H groups in total. The maximum Gasteiger partial charge on any atom is 0.222 e. The number of carbonyl (C=O) groups is 1. The van der Waals surface area contributed by atoms with E-state index in [-0.39, 0.29) is 5.91 Å². The SMILES string of the molecule is CCCN(C/C=C\C1CC=CCC1)C(=O)CC. The second kappa shape index (κ2) is 8.10. The van der Waals surface area contributed by atoms with Crippen molar-refractivity contribution in [2.45, 2.75) is 46.0 Å². The lowest BCUT2D eigenvalue weighted by Gasteiger charge is -2.20. The minimum absolute atomic E-state index is 0.264. The molecule has 17 heavy (non-hydrogen) atoms. The Morgan fingerprint density at radius 2 is 2.24 bits per heavy atom. The molecule has 0 aromatic carbocycles. The quantitative estimate of drug-likeness (QED) is 0.645. The van der Waals surface area contributed by atoms with Crippen LogP contribution >= 0.6 is 0 Å². The summed E-state index contributed by atoms with van der Waals surface area (Å²) in [5, 5.41) is 0. The lowest BCUT2D eigenvalue weighted by Crippen LogP contribution is -2.31. The lowest BCUT2D eigenvalue weighted by atomic mass is 9.94. The first kappa shape index (κ1) is 14.0. The topological polar surface area (TPSA) is 20.3 Å². The second-order valence-corrected chi connectivity index (χ2v) is 4.67. The Balaban J connectivity index is 2.36. The second-order valence-electron chi connectivity index (χ2n) is 4.67. The van der Waals surface area contributed by atoms with Crippen molar-refractivity contribution in [1.82, 2.24) is 4.90 Å². The summed E-state index contributed by atoms with van der Waals surface area (Å²) in [5.41, 5.74) is 0. The van der Waals surface area contributed by atoms with Crippen molar-refractivity contribution in [1.29, 1.82) is 0 Å². The Morgan fingerprint density at radius 3 is 2.82 bits per heavy atom. The molecule has 0 bridgehead atoms. The molecule has 0 saturated heterocycles. The zero-order chi connectivity index (χ0) is 12.5. The fourth-order valence-electron chi connectivity index (χ4n) is 2.18. The van der Waals surface area contributed by atoms with Crippen molar-refractivity contribution >= 4 is 5.91 Å². The third kappa shape index (κ3) is 5.20. The van der Waals surface area contributed by atoms with E-state index in [0.29, 0.717) is 12.3 Å². The molecule has 1 amide bonds. The van der Waals surface area contributed by atoms with Crippen LogP contribution in [0.4, 0.5) is 0 Å². The zero-order valence-corrected chi connectivity index (χ0v) is 11.2. The van der Waals surface area contributed by atoms with Crippen LogP contribution in [0.5, 0.6) is 0 Å². The van der Waals surface area contributed by atoms with E-state index in [4.69, 9.17) is 0 Å². The van der Waals surface area contributed by atoms with Crippen molar-refractivity contribution in [2.24, 2.45) is 5.92 Å². The number of rotatable bonds is 6. The average Bonchev–Trinajstić information content (AvgIpc) is 2.38. The van der Waals surface area contributed by atoms with Gasteiger partial charge in [0.1, 0.15) is 0 Å². The van der Waals surface area contributed by atoms with E-state index >= 15 is 0 Å². The van der Waals surface area contributed by atoms with Gasteiger partial charge in [-0.3, -0.25) is 4.79 Å². The van der Waals surface area contributed by atoms with Gasteiger partial charge in [0, 0.05) is 19.5 Å². The predicted molar refractivity (Wildman–Crippen MR) is 72.8 cm³/mol. The lowest BCUT2D eigenvalue weighted by molar-refractivity contribution is -0.130. The average molecular weight is 235 g/mol. The molecule has 0 saturated carbocycles. The van der Waals surface area contributed by atoms with E-state index in [2.05, 4.69) is 31.2 Å². The molecule has 0 aromatic heterocycles. The van der Waals surface area contributed by atoms with E-state index in [1.807, 2.05) is 11.8 Å². The summed E-state index contributed by atoms with van der Waals surface area (Å²) in [4.78, 5) is 13.6. The molecular formula is C15H25NO. The summed E-state index contributed by atoms with van der Waals surface area (Å²) in [6.07, 6.45) is 14.2. The van der Waals surface area contributed by atoms with Gasteiger partial charge in [-0.2, -0.15) is 0 Å². The van der Waals surface area contributed by atoms with Crippen molar-refractivity contribution in [3.63, 3.8) is 0 Å². The first-order valence-electron chi connectivity index (χ1n) is 6.87. The minimum atomic E-state index is 0.264. The summed E-state index contributed by atoms with van der Waals surface area (Å²) in [5.74, 6) is 0.945. The highest BCUT2D eigenvalue weighted by molar-refractivity contribution is 5.75. The molecule has 96 valence electrons. The van der Waals surface area contributed by atoms with Crippen LogP contribution in [-0.2, 0) is 4.79 Å². The van der Waals surface area contributed by atoms with Crippen LogP contribution < -0.4 is 0 Å². The van der Waals surface area contributed by atoms with Crippen molar-refractivity contribution < 1.29 is 4.79 Å². The van der Waals surface area contributed by atoms with E-state index in [0.717, 1.165) is 25.9 Å². The Hall–Kier alpha value is -1.05. The molecule has 0 fully saturated rings. The molecule has 0 heterocycles. The highest BCUT2D eigenvalue weighted by atomic mass is 16.2. The Labute approximate surface area is 105 Å². The number of carbonyl (C=O) groups excluding carboxylic acids is 1. The number of hydrogen-bond donors (Lipinski definition) is 0. The van der Waals surface area contributed by atoms with E-state index in [1.165, 1.54) is 12.8 Å². The molecule has 1 rings (SSSR count). The van der Waals surface area contributed by atoms with Gasteiger partial charge in [0.05, 0.1) is 0 Å². The smallest absolute Gasteiger partial charge is 0.222 e. The monoisotopic (exact) mass is 235 g/mol. The van der Waals surface area contributed by atoms with Gasteiger partial charge in [-0.25, -0.2) is 0 Å². The van der Waals surface area contributed by atoms with Gasteiger partial charge in [0.25, 0.3) is 0 Å². The molecule has 0 spiro atoms. The van der Waals surface area contributed by atoms with E-state index < -0.39 is 0 Å². The Bertz CT molecular complexity index is 281. The molecule has 0 radical (unpaired) electrons. The van der Waals surface area contributed by atoms with Crippen LogP contribution in [0.3, 0.4) is 0 Å². The Kier molecular flexibility index (Phi) is 6.68. The third-order valence-electron chi connectivity index (χ3n) is 3.19. The fourth-order valence-corrected chi connectivity index (χ4v) is 2.18. The molecule has 0 aliphatic heterocycles. The number of allylic oxidation sites excluding steroid dienone is 3. The summed E-state index contributed by atoms with van der Waals surface area (Å²) in [6, 6.07) is 0. The van der Waals surface area contributed by atoms with Gasteiger partial charge in [-0.05, 0) is 31.6 Å². The zero-order valence-electron chi connectivity index (χ0n) is 11.2. The highest BCUT2D eigenvalue weighted by Crippen LogP contribution is 2.19. The molecule has 1 aliphatic carbocycles.